The molecule has 1 unspecified atom stereocenters. The number of nitrogens with zero attached hydrogens (tertiary/aromatic N) is 1. The molecule has 7 heteroatoms. The number of hydrogen-bond donors (Lipinski definition) is 2. The van der Waals surface area contributed by atoms with Crippen LogP contribution in [0.5, 0.6) is 5.75 Å². The topological polar surface area (TPSA) is 91.6 Å². The minimum atomic E-state index is -1.63. The summed E-state index contributed by atoms with van der Waals surface area (Å²) >= 11 is 6.13. The zero-order valence-electron chi connectivity index (χ0n) is 19.5. The van der Waals surface area contributed by atoms with Gasteiger partial charge in [-0.1, -0.05) is 48.0 Å². The standard InChI is InChI=1S/C28H27ClN2O4/c1-34-25-10-7-21(8-11-25)20-4-2-19(3-5-20)17-28(33,23-12-14-35-15-13-23)27(32)31-24-9-6-22(18-30)26(29)16-24/h2-11,16,23,33H,12-15,17H2,1H3,(H,31,32). The van der Waals surface area contributed by atoms with Gasteiger partial charge in [0.25, 0.3) is 5.91 Å². The molecule has 2 N–H and O–H groups in total. The van der Waals surface area contributed by atoms with E-state index in [-0.39, 0.29) is 17.4 Å². The molecule has 1 fully saturated rings. The van der Waals surface area contributed by atoms with Gasteiger partial charge in [0.1, 0.15) is 17.4 Å². The molecule has 1 saturated heterocycles. The Labute approximate surface area is 210 Å². The number of benzene rings is 3. The summed E-state index contributed by atoms with van der Waals surface area (Å²) in [7, 11) is 1.63. The molecule has 0 aliphatic carbocycles. The van der Waals surface area contributed by atoms with E-state index < -0.39 is 11.5 Å². The van der Waals surface area contributed by atoms with Crippen molar-refractivity contribution in [1.82, 2.24) is 0 Å². The smallest absolute Gasteiger partial charge is 0.256 e. The molecule has 1 amide bonds. The van der Waals surface area contributed by atoms with Crippen molar-refractivity contribution >= 4 is 23.2 Å². The van der Waals surface area contributed by atoms with Crippen molar-refractivity contribution in [3.05, 3.63) is 82.9 Å². The SMILES string of the molecule is COc1ccc(-c2ccc(CC(O)(C(=O)Nc3ccc(C#N)c(Cl)c3)C3CCOCC3)cc2)cc1. The molecule has 6 nitrogen and oxygen atoms in total. The average molecular weight is 491 g/mol. The second kappa shape index (κ2) is 10.9. The minimum Gasteiger partial charge on any atom is -0.497 e. The molecule has 1 aliphatic heterocycles. The van der Waals surface area contributed by atoms with Crippen molar-refractivity contribution in [3.8, 4) is 22.9 Å². The third-order valence-electron chi connectivity index (χ3n) is 6.49. The highest BCUT2D eigenvalue weighted by Crippen LogP contribution is 2.33. The van der Waals surface area contributed by atoms with Gasteiger partial charge in [0.2, 0.25) is 0 Å². The van der Waals surface area contributed by atoms with Crippen LogP contribution in [0.4, 0.5) is 5.69 Å². The number of nitrogens with one attached hydrogen (secondary N) is 1. The summed E-state index contributed by atoms with van der Waals surface area (Å²) in [5, 5.41) is 23.9. The molecule has 1 atom stereocenters. The molecule has 4 rings (SSSR count). The fourth-order valence-corrected chi connectivity index (χ4v) is 4.64. The molecule has 0 spiro atoms. The van der Waals surface area contributed by atoms with Crippen LogP contribution in [0, 0.1) is 17.2 Å². The van der Waals surface area contributed by atoms with Crippen molar-refractivity contribution in [2.75, 3.05) is 25.6 Å². The van der Waals surface area contributed by atoms with Crippen molar-refractivity contribution in [2.45, 2.75) is 24.9 Å². The number of aliphatic hydroxyl groups is 1. The summed E-state index contributed by atoms with van der Waals surface area (Å²) < 4.78 is 10.7. The average Bonchev–Trinajstić information content (AvgIpc) is 2.90. The number of methoxy groups -OCH3 is 1. The van der Waals surface area contributed by atoms with Crippen molar-refractivity contribution < 1.29 is 19.4 Å². The molecule has 0 saturated carbocycles. The number of nitriles is 1. The van der Waals surface area contributed by atoms with Crippen LogP contribution in [0.2, 0.25) is 5.02 Å². The lowest BCUT2D eigenvalue weighted by Crippen LogP contribution is -2.52. The first kappa shape index (κ1) is 24.7. The lowest BCUT2D eigenvalue weighted by Gasteiger charge is -2.37. The Bertz CT molecular complexity index is 1220. The zero-order chi connectivity index (χ0) is 24.8. The van der Waals surface area contributed by atoms with E-state index >= 15 is 0 Å². The van der Waals surface area contributed by atoms with Crippen LogP contribution in [0.3, 0.4) is 0 Å². The van der Waals surface area contributed by atoms with E-state index in [2.05, 4.69) is 5.32 Å². The number of ether oxygens (including phenoxy) is 2. The maximum atomic E-state index is 13.4. The van der Waals surface area contributed by atoms with Crippen LogP contribution < -0.4 is 10.1 Å². The lowest BCUT2D eigenvalue weighted by molar-refractivity contribution is -0.144. The van der Waals surface area contributed by atoms with Gasteiger partial charge < -0.3 is 19.9 Å². The minimum absolute atomic E-state index is 0.163. The molecule has 0 radical (unpaired) electrons. The van der Waals surface area contributed by atoms with E-state index in [4.69, 9.17) is 26.3 Å². The Morgan fingerprint density at radius 2 is 1.74 bits per heavy atom. The molecule has 0 aromatic heterocycles. The Kier molecular flexibility index (Phi) is 7.72. The molecular formula is C28H27ClN2O4. The van der Waals surface area contributed by atoms with E-state index in [0.29, 0.717) is 37.3 Å². The van der Waals surface area contributed by atoms with Gasteiger partial charge >= 0.3 is 0 Å². The lowest BCUT2D eigenvalue weighted by atomic mass is 9.77. The van der Waals surface area contributed by atoms with Gasteiger partial charge in [-0.25, -0.2) is 0 Å². The Morgan fingerprint density at radius 3 is 2.31 bits per heavy atom. The summed E-state index contributed by atoms with van der Waals surface area (Å²) in [6.07, 6.45) is 1.33. The van der Waals surface area contributed by atoms with Crippen molar-refractivity contribution in [2.24, 2.45) is 5.92 Å². The fraction of sp³-hybridized carbons (Fsp3) is 0.286. The quantitative estimate of drug-likeness (QED) is 0.473. The summed E-state index contributed by atoms with van der Waals surface area (Å²) in [5.74, 6) is 0.0391. The molecule has 35 heavy (non-hydrogen) atoms. The number of carbonyl (C=O) groups is 1. The van der Waals surface area contributed by atoms with Crippen LogP contribution >= 0.6 is 11.6 Å². The highest BCUT2D eigenvalue weighted by Gasteiger charge is 2.44. The molecule has 3 aromatic carbocycles. The molecular weight excluding hydrogens is 464 g/mol. The number of carbonyl (C=O) groups excluding carboxylic acids is 1. The van der Waals surface area contributed by atoms with Crippen molar-refractivity contribution in [1.29, 1.82) is 5.26 Å². The summed E-state index contributed by atoms with van der Waals surface area (Å²) in [6, 6.07) is 22.3. The number of hydrogen-bond acceptors (Lipinski definition) is 5. The first-order valence-electron chi connectivity index (χ1n) is 11.5. The molecule has 1 heterocycles. The van der Waals surface area contributed by atoms with Gasteiger partial charge in [0, 0.05) is 31.2 Å². The Balaban J connectivity index is 1.56. The summed E-state index contributed by atoms with van der Waals surface area (Å²) in [4.78, 5) is 13.4. The normalized spacial score (nSPS) is 15.6. The van der Waals surface area contributed by atoms with Gasteiger partial charge in [-0.3, -0.25) is 4.79 Å². The number of amides is 1. The zero-order valence-corrected chi connectivity index (χ0v) is 20.2. The Hall–Kier alpha value is -3.37. The van der Waals surface area contributed by atoms with E-state index in [1.54, 1.807) is 19.2 Å². The van der Waals surface area contributed by atoms with Gasteiger partial charge in [0.05, 0.1) is 17.7 Å². The van der Waals surface area contributed by atoms with Crippen LogP contribution in [-0.2, 0) is 16.0 Å². The third-order valence-corrected chi connectivity index (χ3v) is 6.80. The first-order valence-corrected chi connectivity index (χ1v) is 11.9. The monoisotopic (exact) mass is 490 g/mol. The maximum absolute atomic E-state index is 13.4. The highest BCUT2D eigenvalue weighted by molar-refractivity contribution is 6.32. The van der Waals surface area contributed by atoms with Crippen LogP contribution in [0.15, 0.2) is 66.7 Å². The maximum Gasteiger partial charge on any atom is 0.256 e. The van der Waals surface area contributed by atoms with Crippen LogP contribution in [-0.4, -0.2) is 36.9 Å². The molecule has 0 bridgehead atoms. The van der Waals surface area contributed by atoms with Gasteiger partial charge in [-0.15, -0.1) is 0 Å². The van der Waals surface area contributed by atoms with E-state index in [0.717, 1.165) is 22.4 Å². The van der Waals surface area contributed by atoms with E-state index in [1.807, 2.05) is 54.6 Å². The highest BCUT2D eigenvalue weighted by atomic mass is 35.5. The van der Waals surface area contributed by atoms with Crippen molar-refractivity contribution in [3.63, 3.8) is 0 Å². The number of anilines is 1. The van der Waals surface area contributed by atoms with Gasteiger partial charge in [-0.2, -0.15) is 5.26 Å². The van der Waals surface area contributed by atoms with E-state index in [9.17, 15) is 9.90 Å². The molecule has 1 aliphatic rings. The van der Waals surface area contributed by atoms with E-state index in [1.165, 1.54) is 6.07 Å². The fourth-order valence-electron chi connectivity index (χ4n) is 4.42. The molecule has 3 aromatic rings. The number of halogens is 1. The van der Waals surface area contributed by atoms with Gasteiger partial charge in [-0.05, 0) is 59.9 Å². The second-order valence-corrected chi connectivity index (χ2v) is 9.08. The first-order chi connectivity index (χ1) is 16.9. The van der Waals surface area contributed by atoms with Crippen LogP contribution in [0.1, 0.15) is 24.0 Å². The summed E-state index contributed by atoms with van der Waals surface area (Å²) in [6.45, 7) is 0.999. The van der Waals surface area contributed by atoms with Gasteiger partial charge in [0.15, 0.2) is 0 Å². The summed E-state index contributed by atoms with van der Waals surface area (Å²) in [5.41, 5.74) is 2.05. The predicted octanol–water partition coefficient (Wildman–Crippen LogP) is 5.23. The Morgan fingerprint density at radius 1 is 1.11 bits per heavy atom. The number of rotatable bonds is 7. The third kappa shape index (κ3) is 5.66. The largest absolute Gasteiger partial charge is 0.497 e. The second-order valence-electron chi connectivity index (χ2n) is 8.67. The van der Waals surface area contributed by atoms with Crippen LogP contribution in [0.25, 0.3) is 11.1 Å². The molecule has 180 valence electrons. The predicted molar refractivity (Wildman–Crippen MR) is 135 cm³/mol.